The highest BCUT2D eigenvalue weighted by molar-refractivity contribution is 5.96. The highest BCUT2D eigenvalue weighted by atomic mass is 16.1. The van der Waals surface area contributed by atoms with Crippen LogP contribution in [0.1, 0.15) is 21.5 Å². The second-order valence-corrected chi connectivity index (χ2v) is 6.64. The number of rotatable bonds is 3. The van der Waals surface area contributed by atoms with Crippen LogP contribution in [-0.2, 0) is 6.54 Å². The number of aromatic nitrogens is 3. The maximum atomic E-state index is 13.0. The molecule has 0 bridgehead atoms. The third-order valence-corrected chi connectivity index (χ3v) is 4.75. The Bertz CT molecular complexity index is 1330. The number of carbonyl (C=O) groups excluding carboxylic acids is 1. The molecule has 0 aliphatic rings. The lowest BCUT2D eigenvalue weighted by atomic mass is 10.1. The Labute approximate surface area is 160 Å². The fraction of sp³-hybridized carbons (Fsp3) is 0.143. The highest BCUT2D eigenvalue weighted by Crippen LogP contribution is 2.13. The predicted octanol–water partition coefficient (Wildman–Crippen LogP) is 1.84. The Hall–Kier alpha value is -3.74. The monoisotopic (exact) mass is 373 g/mol. The van der Waals surface area contributed by atoms with Gasteiger partial charge in [0.05, 0.1) is 17.5 Å². The molecule has 4 aromatic rings. The van der Waals surface area contributed by atoms with E-state index in [1.54, 1.807) is 29.0 Å². The predicted molar refractivity (Wildman–Crippen MR) is 106 cm³/mol. The van der Waals surface area contributed by atoms with Crippen LogP contribution in [0.15, 0.2) is 59.5 Å². The molecule has 1 aromatic carbocycles. The minimum atomic E-state index is -0.415. The molecule has 1 amide bonds. The van der Waals surface area contributed by atoms with E-state index in [4.69, 9.17) is 5.41 Å². The van der Waals surface area contributed by atoms with E-state index >= 15 is 0 Å². The van der Waals surface area contributed by atoms with E-state index in [9.17, 15) is 9.59 Å². The summed E-state index contributed by atoms with van der Waals surface area (Å²) in [7, 11) is 1.50. The lowest BCUT2D eigenvalue weighted by Gasteiger charge is -2.14. The van der Waals surface area contributed by atoms with Crippen molar-refractivity contribution in [3.63, 3.8) is 0 Å². The number of hydrogen-bond acceptors (Lipinski definition) is 4. The van der Waals surface area contributed by atoms with Crippen molar-refractivity contribution in [2.45, 2.75) is 13.5 Å². The zero-order valence-electron chi connectivity index (χ0n) is 15.6. The van der Waals surface area contributed by atoms with Gasteiger partial charge >= 0.3 is 0 Å². The van der Waals surface area contributed by atoms with Gasteiger partial charge < -0.3 is 9.88 Å². The molecule has 4 rings (SSSR count). The zero-order chi connectivity index (χ0) is 19.8. The number of amides is 1. The summed E-state index contributed by atoms with van der Waals surface area (Å²) in [4.78, 5) is 30.0. The van der Waals surface area contributed by atoms with Crippen molar-refractivity contribution in [2.75, 3.05) is 7.05 Å². The summed E-state index contributed by atoms with van der Waals surface area (Å²) in [6.45, 7) is 2.33. The number of pyridine rings is 2. The number of benzene rings is 1. The van der Waals surface area contributed by atoms with E-state index in [1.165, 1.54) is 17.5 Å². The number of carbonyl (C=O) groups is 1. The lowest BCUT2D eigenvalue weighted by molar-refractivity contribution is 0.0960. The van der Waals surface area contributed by atoms with Gasteiger partial charge in [-0.1, -0.05) is 35.9 Å². The molecule has 0 radical (unpaired) electrons. The Balaban J connectivity index is 2.08. The quantitative estimate of drug-likeness (QED) is 0.537. The van der Waals surface area contributed by atoms with Gasteiger partial charge in [-0.15, -0.1) is 0 Å². The Kier molecular flexibility index (Phi) is 4.27. The van der Waals surface area contributed by atoms with Gasteiger partial charge in [-0.05, 0) is 30.7 Å². The number of hydrogen-bond donors (Lipinski definition) is 2. The van der Waals surface area contributed by atoms with E-state index in [0.29, 0.717) is 23.2 Å². The first-order chi connectivity index (χ1) is 13.5. The van der Waals surface area contributed by atoms with Crippen molar-refractivity contribution in [2.24, 2.45) is 0 Å². The third-order valence-electron chi connectivity index (χ3n) is 4.75. The molecular formula is C21H19N5O2. The van der Waals surface area contributed by atoms with Gasteiger partial charge in [-0.2, -0.15) is 0 Å². The lowest BCUT2D eigenvalue weighted by Crippen LogP contribution is -2.34. The highest BCUT2D eigenvalue weighted by Gasteiger charge is 2.17. The van der Waals surface area contributed by atoms with Crippen molar-refractivity contribution in [1.29, 1.82) is 5.41 Å². The minimum Gasteiger partial charge on any atom is -0.355 e. The summed E-state index contributed by atoms with van der Waals surface area (Å²) in [6.07, 6.45) is 1.64. The minimum absolute atomic E-state index is 0.0135. The SMILES string of the molecule is CNC(=O)c1cc2c(=O)n3ccccc3nc2n(Cc2ccc(C)cc2)c1=N. The van der Waals surface area contributed by atoms with E-state index in [2.05, 4.69) is 10.3 Å². The molecule has 0 aliphatic carbocycles. The fourth-order valence-electron chi connectivity index (χ4n) is 3.22. The molecule has 0 saturated heterocycles. The third kappa shape index (κ3) is 2.87. The average molecular weight is 373 g/mol. The number of aryl methyl sites for hydroxylation is 1. The zero-order valence-corrected chi connectivity index (χ0v) is 15.6. The van der Waals surface area contributed by atoms with Crippen molar-refractivity contribution in [3.05, 3.63) is 87.3 Å². The number of nitrogens with zero attached hydrogens (tertiary/aromatic N) is 3. The second-order valence-electron chi connectivity index (χ2n) is 6.64. The molecule has 7 nitrogen and oxygen atoms in total. The van der Waals surface area contributed by atoms with Gasteiger partial charge in [0.15, 0.2) is 0 Å². The van der Waals surface area contributed by atoms with Gasteiger partial charge in [0.25, 0.3) is 11.5 Å². The largest absolute Gasteiger partial charge is 0.355 e. The Morgan fingerprint density at radius 3 is 2.64 bits per heavy atom. The van der Waals surface area contributed by atoms with Crippen LogP contribution in [0.25, 0.3) is 16.7 Å². The van der Waals surface area contributed by atoms with Crippen LogP contribution in [0.2, 0.25) is 0 Å². The molecule has 0 aliphatic heterocycles. The van der Waals surface area contributed by atoms with Gasteiger partial charge in [0, 0.05) is 13.2 Å². The normalized spacial score (nSPS) is 11.1. The molecule has 0 saturated carbocycles. The van der Waals surface area contributed by atoms with Crippen LogP contribution in [0.5, 0.6) is 0 Å². The van der Waals surface area contributed by atoms with E-state index in [0.717, 1.165) is 11.1 Å². The summed E-state index contributed by atoms with van der Waals surface area (Å²) in [5.74, 6) is -0.415. The standard InChI is InChI=1S/C21H19N5O2/c1-13-6-8-14(9-7-13)12-26-18(22)15(20(27)23-2)11-16-19(26)24-17-5-3-4-10-25(17)21(16)28/h3-11,22H,12H2,1-2H3,(H,23,27). The molecule has 3 heterocycles. The van der Waals surface area contributed by atoms with E-state index in [-0.39, 0.29) is 16.6 Å². The van der Waals surface area contributed by atoms with Crippen molar-refractivity contribution in [1.82, 2.24) is 19.3 Å². The maximum Gasteiger partial charge on any atom is 0.267 e. The summed E-state index contributed by atoms with van der Waals surface area (Å²) >= 11 is 0. The van der Waals surface area contributed by atoms with Crippen molar-refractivity contribution >= 4 is 22.6 Å². The summed E-state index contributed by atoms with van der Waals surface area (Å²) in [5, 5.41) is 11.4. The summed E-state index contributed by atoms with van der Waals surface area (Å²) in [6, 6.07) is 14.7. The Morgan fingerprint density at radius 1 is 1.18 bits per heavy atom. The van der Waals surface area contributed by atoms with Crippen LogP contribution in [0.4, 0.5) is 0 Å². The fourth-order valence-corrected chi connectivity index (χ4v) is 3.22. The smallest absolute Gasteiger partial charge is 0.267 e. The number of nitrogens with one attached hydrogen (secondary N) is 2. The molecule has 0 atom stereocenters. The number of fused-ring (bicyclic) bond motifs is 2. The molecule has 28 heavy (non-hydrogen) atoms. The topological polar surface area (TPSA) is 92.2 Å². The molecule has 140 valence electrons. The maximum absolute atomic E-state index is 13.0. The van der Waals surface area contributed by atoms with Crippen LogP contribution in [-0.4, -0.2) is 26.9 Å². The molecule has 2 N–H and O–H groups in total. The Morgan fingerprint density at radius 2 is 1.93 bits per heavy atom. The van der Waals surface area contributed by atoms with Gasteiger partial charge in [0.2, 0.25) is 0 Å². The van der Waals surface area contributed by atoms with Crippen molar-refractivity contribution in [3.8, 4) is 0 Å². The van der Waals surface area contributed by atoms with E-state index in [1.807, 2.05) is 31.2 Å². The van der Waals surface area contributed by atoms with Crippen molar-refractivity contribution < 1.29 is 4.79 Å². The molecule has 0 spiro atoms. The second kappa shape index (κ2) is 6.77. The molecule has 7 heteroatoms. The van der Waals surface area contributed by atoms with Gasteiger partial charge in [0.1, 0.15) is 16.8 Å². The first-order valence-corrected chi connectivity index (χ1v) is 8.87. The van der Waals surface area contributed by atoms with Gasteiger partial charge in [-0.3, -0.25) is 19.4 Å². The van der Waals surface area contributed by atoms with E-state index < -0.39 is 5.91 Å². The summed E-state index contributed by atoms with van der Waals surface area (Å²) in [5.41, 5.74) is 2.83. The van der Waals surface area contributed by atoms with Crippen LogP contribution in [0, 0.1) is 12.3 Å². The average Bonchev–Trinajstić information content (AvgIpc) is 2.71. The first-order valence-electron chi connectivity index (χ1n) is 8.87. The first kappa shape index (κ1) is 17.7. The summed E-state index contributed by atoms with van der Waals surface area (Å²) < 4.78 is 3.05. The molecule has 3 aromatic heterocycles. The van der Waals surface area contributed by atoms with Gasteiger partial charge in [-0.25, -0.2) is 4.98 Å². The molecule has 0 fully saturated rings. The van der Waals surface area contributed by atoms with Crippen LogP contribution >= 0.6 is 0 Å². The molecule has 0 unspecified atom stereocenters. The van der Waals surface area contributed by atoms with Crippen LogP contribution in [0.3, 0.4) is 0 Å². The van der Waals surface area contributed by atoms with Crippen LogP contribution < -0.4 is 16.4 Å². The molecular weight excluding hydrogens is 354 g/mol.